The van der Waals surface area contributed by atoms with Crippen LogP contribution in [0.15, 0.2) is 24.3 Å². The van der Waals surface area contributed by atoms with Gasteiger partial charge in [-0.3, -0.25) is 0 Å². The van der Waals surface area contributed by atoms with Crippen molar-refractivity contribution in [3.8, 4) is 0 Å². The second-order valence-electron chi connectivity index (χ2n) is 7.08. The predicted octanol–water partition coefficient (Wildman–Crippen LogP) is 2.74. The Morgan fingerprint density at radius 1 is 1.12 bits per heavy atom. The quantitative estimate of drug-likeness (QED) is 0.895. The Balaban J connectivity index is 1.64. The summed E-state index contributed by atoms with van der Waals surface area (Å²) >= 11 is 6.41. The lowest BCUT2D eigenvalue weighted by atomic mass is 9.82. The van der Waals surface area contributed by atoms with E-state index in [4.69, 9.17) is 17.3 Å². The molecule has 2 N–H and O–H groups in total. The largest absolute Gasteiger partial charge is 0.368 e. The van der Waals surface area contributed by atoms with Gasteiger partial charge in [-0.25, -0.2) is 4.98 Å². The predicted molar refractivity (Wildman–Crippen MR) is 102 cm³/mol. The standard InChI is InChI=1S/C19H24ClN5/c1-24-8-10-25(11-9-24)18-15-7-6-13(12-17(15)22-19(21)23-18)14-4-2-3-5-16(14)20/h2-5,13H,6-12H2,1H3,(H2,21,22,23). The normalized spacial score (nSPS) is 21.2. The molecule has 2 aromatic rings. The summed E-state index contributed by atoms with van der Waals surface area (Å²) in [6.45, 7) is 4.10. The van der Waals surface area contributed by atoms with Gasteiger partial charge in [-0.05, 0) is 43.9 Å². The summed E-state index contributed by atoms with van der Waals surface area (Å²) in [5.41, 5.74) is 9.64. The zero-order valence-electron chi connectivity index (χ0n) is 14.6. The summed E-state index contributed by atoms with van der Waals surface area (Å²) in [5, 5.41) is 0.845. The van der Waals surface area contributed by atoms with Crippen LogP contribution in [0.3, 0.4) is 0 Å². The zero-order chi connectivity index (χ0) is 17.4. The van der Waals surface area contributed by atoms with E-state index in [0.717, 1.165) is 62.0 Å². The second-order valence-corrected chi connectivity index (χ2v) is 7.49. The van der Waals surface area contributed by atoms with Crippen LogP contribution in [-0.4, -0.2) is 48.1 Å². The minimum atomic E-state index is 0.382. The molecule has 25 heavy (non-hydrogen) atoms. The first kappa shape index (κ1) is 16.6. The van der Waals surface area contributed by atoms with Crippen LogP contribution >= 0.6 is 11.6 Å². The lowest BCUT2D eigenvalue weighted by molar-refractivity contribution is 0.311. The van der Waals surface area contributed by atoms with Gasteiger partial charge >= 0.3 is 0 Å². The van der Waals surface area contributed by atoms with Crippen molar-refractivity contribution in [1.82, 2.24) is 14.9 Å². The van der Waals surface area contributed by atoms with Gasteiger partial charge in [-0.1, -0.05) is 29.8 Å². The Labute approximate surface area is 153 Å². The van der Waals surface area contributed by atoms with E-state index in [1.807, 2.05) is 12.1 Å². The first-order valence-electron chi connectivity index (χ1n) is 8.95. The third-order valence-electron chi connectivity index (χ3n) is 5.42. The molecule has 0 amide bonds. The third-order valence-corrected chi connectivity index (χ3v) is 5.76. The molecule has 0 saturated carbocycles. The van der Waals surface area contributed by atoms with Gasteiger partial charge in [-0.15, -0.1) is 0 Å². The van der Waals surface area contributed by atoms with Crippen molar-refractivity contribution in [2.75, 3.05) is 43.9 Å². The molecule has 2 aliphatic rings. The number of halogens is 1. The summed E-state index contributed by atoms with van der Waals surface area (Å²) in [6.07, 6.45) is 2.93. The lowest BCUT2D eigenvalue weighted by Gasteiger charge is -2.36. The molecular formula is C19H24ClN5. The van der Waals surface area contributed by atoms with Crippen molar-refractivity contribution in [3.05, 3.63) is 46.1 Å². The highest BCUT2D eigenvalue weighted by molar-refractivity contribution is 6.31. The zero-order valence-corrected chi connectivity index (χ0v) is 15.3. The molecule has 132 valence electrons. The molecule has 1 saturated heterocycles. The Bertz CT molecular complexity index is 770. The number of piperazine rings is 1. The summed E-state index contributed by atoms with van der Waals surface area (Å²) in [7, 11) is 2.16. The van der Waals surface area contributed by atoms with Gasteiger partial charge in [0.2, 0.25) is 5.95 Å². The van der Waals surface area contributed by atoms with E-state index < -0.39 is 0 Å². The van der Waals surface area contributed by atoms with E-state index in [1.165, 1.54) is 11.1 Å². The highest BCUT2D eigenvalue weighted by Gasteiger charge is 2.28. The van der Waals surface area contributed by atoms with Gasteiger partial charge < -0.3 is 15.5 Å². The molecule has 2 heterocycles. The average Bonchev–Trinajstić information content (AvgIpc) is 2.61. The summed E-state index contributed by atoms with van der Waals surface area (Å²) in [5.74, 6) is 1.83. The number of likely N-dealkylation sites (N-methyl/N-ethyl adjacent to an activating group) is 1. The Kier molecular flexibility index (Phi) is 4.52. The maximum atomic E-state index is 6.41. The molecule has 1 aromatic carbocycles. The van der Waals surface area contributed by atoms with Crippen molar-refractivity contribution in [2.24, 2.45) is 0 Å². The maximum absolute atomic E-state index is 6.41. The minimum Gasteiger partial charge on any atom is -0.368 e. The molecule has 0 bridgehead atoms. The molecule has 1 aliphatic carbocycles. The number of aromatic nitrogens is 2. The Morgan fingerprint density at radius 2 is 1.88 bits per heavy atom. The van der Waals surface area contributed by atoms with E-state index in [9.17, 15) is 0 Å². The highest BCUT2D eigenvalue weighted by atomic mass is 35.5. The van der Waals surface area contributed by atoms with E-state index >= 15 is 0 Å². The van der Waals surface area contributed by atoms with Crippen LogP contribution in [0.5, 0.6) is 0 Å². The van der Waals surface area contributed by atoms with Crippen LogP contribution in [0, 0.1) is 0 Å². The summed E-state index contributed by atoms with van der Waals surface area (Å²) < 4.78 is 0. The topological polar surface area (TPSA) is 58.3 Å². The molecule has 1 aliphatic heterocycles. The van der Waals surface area contributed by atoms with Gasteiger partial charge in [0.25, 0.3) is 0 Å². The maximum Gasteiger partial charge on any atom is 0.222 e. The molecule has 1 unspecified atom stereocenters. The van der Waals surface area contributed by atoms with Crippen molar-refractivity contribution < 1.29 is 0 Å². The number of nitrogen functional groups attached to an aromatic ring is 1. The Hall–Kier alpha value is -1.85. The lowest BCUT2D eigenvalue weighted by Crippen LogP contribution is -2.45. The Morgan fingerprint density at radius 3 is 2.64 bits per heavy atom. The molecule has 0 spiro atoms. The van der Waals surface area contributed by atoms with Crippen LogP contribution < -0.4 is 10.6 Å². The first-order chi connectivity index (χ1) is 12.1. The molecule has 4 rings (SSSR count). The number of hydrogen-bond acceptors (Lipinski definition) is 5. The number of nitrogens with zero attached hydrogens (tertiary/aromatic N) is 4. The fourth-order valence-electron chi connectivity index (χ4n) is 3.97. The molecular weight excluding hydrogens is 334 g/mol. The number of nitrogens with two attached hydrogens (primary N) is 1. The highest BCUT2D eigenvalue weighted by Crippen LogP contribution is 2.38. The van der Waals surface area contributed by atoms with Crippen LogP contribution in [0.1, 0.15) is 29.2 Å². The van der Waals surface area contributed by atoms with Crippen LogP contribution in [0.2, 0.25) is 5.02 Å². The first-order valence-corrected chi connectivity index (χ1v) is 9.33. The van der Waals surface area contributed by atoms with Crippen LogP contribution in [0.4, 0.5) is 11.8 Å². The minimum absolute atomic E-state index is 0.382. The van der Waals surface area contributed by atoms with Crippen molar-refractivity contribution in [3.63, 3.8) is 0 Å². The van der Waals surface area contributed by atoms with E-state index in [1.54, 1.807) is 0 Å². The SMILES string of the molecule is CN1CCN(c2nc(N)nc3c2CCC(c2ccccc2Cl)C3)CC1. The number of fused-ring (bicyclic) bond motifs is 1. The molecule has 6 heteroatoms. The smallest absolute Gasteiger partial charge is 0.222 e. The number of anilines is 2. The van der Waals surface area contributed by atoms with Crippen molar-refractivity contribution >= 4 is 23.4 Å². The van der Waals surface area contributed by atoms with Crippen molar-refractivity contribution in [1.29, 1.82) is 0 Å². The molecule has 1 atom stereocenters. The number of rotatable bonds is 2. The van der Waals surface area contributed by atoms with Crippen molar-refractivity contribution in [2.45, 2.75) is 25.2 Å². The van der Waals surface area contributed by atoms with E-state index in [-0.39, 0.29) is 0 Å². The molecule has 0 radical (unpaired) electrons. The summed E-state index contributed by atoms with van der Waals surface area (Å²) in [6, 6.07) is 8.13. The second kappa shape index (κ2) is 6.81. The van der Waals surface area contributed by atoms with Gasteiger partial charge in [0.1, 0.15) is 5.82 Å². The van der Waals surface area contributed by atoms with E-state index in [0.29, 0.717) is 11.9 Å². The molecule has 5 nitrogen and oxygen atoms in total. The monoisotopic (exact) mass is 357 g/mol. The third kappa shape index (κ3) is 3.31. The fraction of sp³-hybridized carbons (Fsp3) is 0.474. The fourth-order valence-corrected chi connectivity index (χ4v) is 4.26. The molecule has 1 fully saturated rings. The van der Waals surface area contributed by atoms with Gasteiger partial charge in [-0.2, -0.15) is 4.98 Å². The van der Waals surface area contributed by atoms with Gasteiger partial charge in [0.05, 0.1) is 5.69 Å². The average molecular weight is 358 g/mol. The van der Waals surface area contributed by atoms with E-state index in [2.05, 4.69) is 38.9 Å². The molecule has 1 aromatic heterocycles. The van der Waals surface area contributed by atoms with Crippen LogP contribution in [0.25, 0.3) is 0 Å². The number of benzene rings is 1. The number of hydrogen-bond donors (Lipinski definition) is 1. The summed E-state index contributed by atoms with van der Waals surface area (Å²) in [4.78, 5) is 13.9. The van der Waals surface area contributed by atoms with Crippen LogP contribution in [-0.2, 0) is 12.8 Å². The van der Waals surface area contributed by atoms with Gasteiger partial charge in [0.15, 0.2) is 0 Å². The van der Waals surface area contributed by atoms with Gasteiger partial charge in [0, 0.05) is 36.8 Å².